The predicted molar refractivity (Wildman–Crippen MR) is 143 cm³/mol. The van der Waals surface area contributed by atoms with Crippen LogP contribution in [0.25, 0.3) is 22.3 Å². The van der Waals surface area contributed by atoms with Gasteiger partial charge < -0.3 is 14.4 Å². The zero-order valence-corrected chi connectivity index (χ0v) is 22.3. The summed E-state index contributed by atoms with van der Waals surface area (Å²) in [5, 5.41) is 12.7. The Kier molecular flexibility index (Phi) is 5.93. The number of carbonyl (C=O) groups excluding carboxylic acids is 1. The third-order valence-corrected chi connectivity index (χ3v) is 9.00. The monoisotopic (exact) mass is 521 g/mol. The maximum Gasteiger partial charge on any atom is 0.338 e. The molecule has 1 N–H and O–H groups in total. The van der Waals surface area contributed by atoms with Gasteiger partial charge in [-0.25, -0.2) is 9.78 Å². The Bertz CT molecular complexity index is 1510. The average molecular weight is 522 g/mol. The molecule has 3 aliphatic heterocycles. The number of aliphatic hydroxyl groups is 1. The van der Waals surface area contributed by atoms with E-state index in [4.69, 9.17) is 21.3 Å². The first-order valence-electron chi connectivity index (χ1n) is 13.2. The highest BCUT2D eigenvalue weighted by molar-refractivity contribution is 6.32. The van der Waals surface area contributed by atoms with E-state index in [1.165, 1.54) is 18.4 Å². The van der Waals surface area contributed by atoms with Crippen LogP contribution in [0.15, 0.2) is 23.0 Å². The lowest BCUT2D eigenvalue weighted by Gasteiger charge is -2.31. The smallest absolute Gasteiger partial charge is 0.338 e. The van der Waals surface area contributed by atoms with Gasteiger partial charge in [0.1, 0.15) is 6.61 Å². The minimum atomic E-state index is -1.64. The normalized spacial score (nSPS) is 21.9. The fourth-order valence-electron chi connectivity index (χ4n) is 6.00. The molecule has 1 fully saturated rings. The number of pyridine rings is 2. The van der Waals surface area contributed by atoms with Crippen molar-refractivity contribution in [1.29, 1.82) is 0 Å². The number of cyclic esters (lactones) is 1. The topological polar surface area (TPSA) is 84.7 Å². The maximum atomic E-state index is 13.7. The summed E-state index contributed by atoms with van der Waals surface area (Å²) in [5.74, 6) is 0.0646. The average Bonchev–Trinajstić information content (AvgIpc) is 3.17. The highest BCUT2D eigenvalue weighted by Crippen LogP contribution is 2.39. The molecule has 8 heteroatoms. The molecule has 0 saturated carbocycles. The Morgan fingerprint density at radius 2 is 1.95 bits per heavy atom. The third kappa shape index (κ3) is 3.99. The van der Waals surface area contributed by atoms with Crippen molar-refractivity contribution in [2.75, 3.05) is 13.1 Å². The minimum absolute atomic E-state index is 0.0491. The largest absolute Gasteiger partial charge is 0.458 e. The van der Waals surface area contributed by atoms with Crippen molar-refractivity contribution in [3.05, 3.63) is 61.4 Å². The second-order valence-corrected chi connectivity index (χ2v) is 11.5. The third-order valence-electron chi connectivity index (χ3n) is 8.59. The summed E-state index contributed by atoms with van der Waals surface area (Å²) in [7, 11) is 0. The first-order chi connectivity index (χ1) is 17.7. The lowest BCUT2D eigenvalue weighted by molar-refractivity contribution is -0.166. The van der Waals surface area contributed by atoms with E-state index < -0.39 is 11.6 Å². The van der Waals surface area contributed by atoms with Gasteiger partial charge in [0.2, 0.25) is 0 Å². The molecular formula is C29H32ClN3O4. The Hall–Kier alpha value is -2.74. The molecule has 194 valence electrons. The van der Waals surface area contributed by atoms with Crippen LogP contribution in [0.4, 0.5) is 0 Å². The Labute approximate surface area is 221 Å². The van der Waals surface area contributed by atoms with Gasteiger partial charge in [-0.05, 0) is 80.1 Å². The number of hydrogen-bond donors (Lipinski definition) is 1. The number of rotatable bonds is 3. The van der Waals surface area contributed by atoms with E-state index in [9.17, 15) is 14.7 Å². The molecule has 0 radical (unpaired) electrons. The summed E-state index contributed by atoms with van der Waals surface area (Å²) in [5.41, 5.74) is 4.84. The maximum absolute atomic E-state index is 13.7. The van der Waals surface area contributed by atoms with Gasteiger partial charge >= 0.3 is 5.97 Å². The van der Waals surface area contributed by atoms with Gasteiger partial charge in [0.15, 0.2) is 5.60 Å². The van der Waals surface area contributed by atoms with Crippen LogP contribution in [0, 0.1) is 12.8 Å². The van der Waals surface area contributed by atoms with Gasteiger partial charge in [0.05, 0.1) is 29.0 Å². The van der Waals surface area contributed by atoms with Crippen LogP contribution < -0.4 is 5.56 Å². The number of carbonyl (C=O) groups is 1. The van der Waals surface area contributed by atoms with E-state index in [0.717, 1.165) is 59.0 Å². The molecule has 3 aliphatic rings. The van der Waals surface area contributed by atoms with Crippen molar-refractivity contribution in [2.45, 2.75) is 71.8 Å². The number of likely N-dealkylation sites (tertiary alicyclic amines) is 1. The van der Waals surface area contributed by atoms with E-state index in [1.54, 1.807) is 11.5 Å². The van der Waals surface area contributed by atoms with Crippen LogP contribution >= 0.6 is 11.6 Å². The zero-order valence-electron chi connectivity index (χ0n) is 21.6. The van der Waals surface area contributed by atoms with Gasteiger partial charge in [-0.15, -0.1) is 0 Å². The number of piperidine rings is 1. The zero-order chi connectivity index (χ0) is 26.1. The molecule has 5 heterocycles. The number of benzene rings is 1. The second-order valence-electron chi connectivity index (χ2n) is 11.1. The molecule has 6 rings (SSSR count). The first kappa shape index (κ1) is 24.6. The molecule has 2 aromatic heterocycles. The Morgan fingerprint density at radius 3 is 2.68 bits per heavy atom. The molecule has 0 aliphatic carbocycles. The van der Waals surface area contributed by atoms with Crippen LogP contribution in [-0.4, -0.2) is 44.2 Å². The van der Waals surface area contributed by atoms with Gasteiger partial charge in [-0.3, -0.25) is 9.69 Å². The molecule has 0 spiro atoms. The van der Waals surface area contributed by atoms with Crippen LogP contribution in [0.1, 0.15) is 60.9 Å². The number of halogens is 1. The number of nitrogens with zero attached hydrogens (tertiary/aromatic N) is 3. The molecule has 3 aromatic rings. The van der Waals surface area contributed by atoms with Crippen molar-refractivity contribution < 1.29 is 14.6 Å². The fourth-order valence-corrected chi connectivity index (χ4v) is 6.15. The Balaban J connectivity index is 1.53. The van der Waals surface area contributed by atoms with E-state index in [-0.39, 0.29) is 25.0 Å². The molecular weight excluding hydrogens is 490 g/mol. The second kappa shape index (κ2) is 8.93. The van der Waals surface area contributed by atoms with E-state index in [2.05, 4.69) is 17.9 Å². The summed E-state index contributed by atoms with van der Waals surface area (Å²) < 4.78 is 7.08. The quantitative estimate of drug-likeness (QED) is 0.403. The SMILES string of the molecule is CC[C@]1(O)Cc2cc3n(c(=O)c2COC1=O)Cc1c-3nc2cc(Cl)c(C)cc2c1CN1CCC(C)CC1. The molecule has 7 nitrogen and oxygen atoms in total. The summed E-state index contributed by atoms with van der Waals surface area (Å²) in [4.78, 5) is 33.7. The van der Waals surface area contributed by atoms with E-state index in [1.807, 2.05) is 19.1 Å². The number of ether oxygens (including phenoxy) is 1. The number of hydrogen-bond acceptors (Lipinski definition) is 6. The standard InChI is InChI=1S/C29H32ClN3O4/c1-4-29(36)12-18-10-25-26-21(14-33(25)27(34)22(18)15-37-28(29)35)20(13-32-7-5-16(2)6-8-32)19-9-17(3)23(30)11-24(19)31-26/h9-11,16,36H,4-8,12-15H2,1-3H3/t29-/m0/s1. The van der Waals surface area contributed by atoms with Gasteiger partial charge in [-0.2, -0.15) is 0 Å². The van der Waals surface area contributed by atoms with E-state index in [0.29, 0.717) is 22.7 Å². The number of fused-ring (bicyclic) bond motifs is 5. The van der Waals surface area contributed by atoms with Gasteiger partial charge in [0, 0.05) is 28.9 Å². The summed E-state index contributed by atoms with van der Waals surface area (Å²) >= 11 is 6.52. The number of aryl methyl sites for hydroxylation is 1. The van der Waals surface area contributed by atoms with Crippen LogP contribution in [-0.2, 0) is 35.6 Å². The number of aromatic nitrogens is 2. The van der Waals surface area contributed by atoms with Crippen LogP contribution in [0.3, 0.4) is 0 Å². The summed E-state index contributed by atoms with van der Waals surface area (Å²) in [6.45, 7) is 9.25. The highest BCUT2D eigenvalue weighted by atomic mass is 35.5. The molecule has 37 heavy (non-hydrogen) atoms. The van der Waals surface area contributed by atoms with Crippen molar-refractivity contribution in [3.63, 3.8) is 0 Å². The molecule has 0 bridgehead atoms. The van der Waals surface area contributed by atoms with E-state index >= 15 is 0 Å². The van der Waals surface area contributed by atoms with Crippen molar-refractivity contribution >= 4 is 28.5 Å². The van der Waals surface area contributed by atoms with Gasteiger partial charge in [-0.1, -0.05) is 25.4 Å². The fraction of sp³-hybridized carbons (Fsp3) is 0.483. The molecule has 1 saturated heterocycles. The van der Waals surface area contributed by atoms with Crippen LogP contribution in [0.2, 0.25) is 5.02 Å². The molecule has 1 aromatic carbocycles. The number of esters is 1. The highest BCUT2D eigenvalue weighted by Gasteiger charge is 2.41. The van der Waals surface area contributed by atoms with Crippen molar-refractivity contribution in [3.8, 4) is 11.4 Å². The van der Waals surface area contributed by atoms with Crippen LogP contribution in [0.5, 0.6) is 0 Å². The predicted octanol–water partition coefficient (Wildman–Crippen LogP) is 4.36. The van der Waals surface area contributed by atoms with Crippen molar-refractivity contribution in [2.24, 2.45) is 5.92 Å². The first-order valence-corrected chi connectivity index (χ1v) is 13.6. The van der Waals surface area contributed by atoms with Gasteiger partial charge in [0.25, 0.3) is 5.56 Å². The molecule has 1 atom stereocenters. The molecule has 0 amide bonds. The minimum Gasteiger partial charge on any atom is -0.458 e. The van der Waals surface area contributed by atoms with Crippen molar-refractivity contribution in [1.82, 2.24) is 14.5 Å². The summed E-state index contributed by atoms with van der Waals surface area (Å²) in [6.07, 6.45) is 2.62. The lowest BCUT2D eigenvalue weighted by atomic mass is 9.90. The Morgan fingerprint density at radius 1 is 1.19 bits per heavy atom. The lowest BCUT2D eigenvalue weighted by Crippen LogP contribution is -2.40. The molecule has 0 unspecified atom stereocenters. The summed E-state index contributed by atoms with van der Waals surface area (Å²) in [6, 6.07) is 5.96.